The van der Waals surface area contributed by atoms with E-state index in [1.165, 1.54) is 38.5 Å². The fourth-order valence-electron chi connectivity index (χ4n) is 3.24. The van der Waals surface area contributed by atoms with Crippen molar-refractivity contribution in [3.63, 3.8) is 0 Å². The largest absolute Gasteiger partial charge is 0.493 e. The molecule has 1 atom stereocenters. The molecular formula is C21H20F3N3O5. The molecule has 2 N–H and O–H groups in total. The van der Waals surface area contributed by atoms with Crippen molar-refractivity contribution in [2.24, 2.45) is 0 Å². The van der Waals surface area contributed by atoms with E-state index in [0.29, 0.717) is 22.0 Å². The number of hydrogen-bond donors (Lipinski definition) is 2. The fourth-order valence-corrected chi connectivity index (χ4v) is 3.24. The molecule has 1 saturated heterocycles. The molecule has 8 nitrogen and oxygen atoms in total. The van der Waals surface area contributed by atoms with Crippen LogP contribution in [0.1, 0.15) is 15.9 Å². The molecule has 0 spiro atoms. The zero-order valence-corrected chi connectivity index (χ0v) is 17.2. The van der Waals surface area contributed by atoms with Crippen LogP contribution in [0, 0.1) is 0 Å². The lowest BCUT2D eigenvalue weighted by Gasteiger charge is -2.29. The molecule has 1 fully saturated rings. The number of nitrogens with one attached hydrogen (secondary N) is 2. The average Bonchev–Trinajstić information content (AvgIpc) is 3.02. The number of carbonyl (C=O) groups excluding carboxylic acids is 3. The van der Waals surface area contributed by atoms with Gasteiger partial charge in [-0.3, -0.25) is 19.8 Å². The summed E-state index contributed by atoms with van der Waals surface area (Å²) in [6, 6.07) is 10.6. The highest BCUT2D eigenvalue weighted by atomic mass is 19.4. The van der Waals surface area contributed by atoms with Crippen LogP contribution >= 0.6 is 0 Å². The van der Waals surface area contributed by atoms with Crippen molar-refractivity contribution in [3.8, 4) is 11.5 Å². The number of methoxy groups -OCH3 is 2. The van der Waals surface area contributed by atoms with Crippen LogP contribution in [0.3, 0.4) is 0 Å². The molecular weight excluding hydrogens is 431 g/mol. The smallest absolute Gasteiger partial charge is 0.440 e. The minimum Gasteiger partial charge on any atom is -0.493 e. The summed E-state index contributed by atoms with van der Waals surface area (Å²) in [5, 5.41) is 3.29. The van der Waals surface area contributed by atoms with E-state index in [2.05, 4.69) is 0 Å². The number of amides is 4. The van der Waals surface area contributed by atoms with Gasteiger partial charge >= 0.3 is 12.2 Å². The SMILES string of the molecule is COc1ccc(CCN2C(=O)N[C@@](NC(=O)c3ccccc3)(C(F)(F)F)C2=O)cc1OC. The first kappa shape index (κ1) is 22.9. The summed E-state index contributed by atoms with van der Waals surface area (Å²) in [5.41, 5.74) is -3.06. The van der Waals surface area contributed by atoms with E-state index in [9.17, 15) is 27.6 Å². The minimum absolute atomic E-state index is 0.0556. The Morgan fingerprint density at radius 2 is 1.72 bits per heavy atom. The maximum atomic E-state index is 13.9. The fraction of sp³-hybridized carbons (Fsp3) is 0.286. The van der Waals surface area contributed by atoms with Gasteiger partial charge in [-0.15, -0.1) is 0 Å². The van der Waals surface area contributed by atoms with E-state index in [1.807, 2.05) is 0 Å². The van der Waals surface area contributed by atoms with Gasteiger partial charge in [-0.25, -0.2) is 4.79 Å². The monoisotopic (exact) mass is 451 g/mol. The standard InChI is InChI=1S/C21H20F3N3O5/c1-31-15-9-8-13(12-16(15)32-2)10-11-27-18(29)20(21(22,23)24,26-19(27)30)25-17(28)14-6-4-3-5-7-14/h3-9,12H,10-11H2,1-2H3,(H,25,28)(H,26,30)/t20-/m1/s1. The lowest BCUT2D eigenvalue weighted by atomic mass is 10.1. The first-order valence-corrected chi connectivity index (χ1v) is 9.42. The Kier molecular flexibility index (Phi) is 6.28. The normalized spacial score (nSPS) is 18.3. The highest BCUT2D eigenvalue weighted by Crippen LogP contribution is 2.34. The van der Waals surface area contributed by atoms with Gasteiger partial charge in [-0.2, -0.15) is 13.2 Å². The topological polar surface area (TPSA) is 97.0 Å². The number of benzene rings is 2. The summed E-state index contributed by atoms with van der Waals surface area (Å²) in [6.07, 6.45) is -5.22. The molecule has 3 rings (SSSR count). The Balaban J connectivity index is 1.82. The predicted octanol–water partition coefficient (Wildman–Crippen LogP) is 2.49. The van der Waals surface area contributed by atoms with E-state index in [4.69, 9.17) is 9.47 Å². The number of nitrogens with zero attached hydrogens (tertiary/aromatic N) is 1. The molecule has 0 radical (unpaired) electrons. The van der Waals surface area contributed by atoms with Crippen molar-refractivity contribution in [1.82, 2.24) is 15.5 Å². The Bertz CT molecular complexity index is 1030. The van der Waals surface area contributed by atoms with Gasteiger partial charge in [-0.05, 0) is 36.2 Å². The first-order chi connectivity index (χ1) is 15.1. The maximum Gasteiger partial charge on any atom is 0.440 e. The number of hydrogen-bond acceptors (Lipinski definition) is 5. The average molecular weight is 451 g/mol. The van der Waals surface area contributed by atoms with Gasteiger partial charge in [0, 0.05) is 12.1 Å². The van der Waals surface area contributed by atoms with E-state index < -0.39 is 29.7 Å². The third kappa shape index (κ3) is 4.18. The van der Waals surface area contributed by atoms with Crippen LogP contribution in [-0.4, -0.2) is 55.3 Å². The maximum absolute atomic E-state index is 13.9. The van der Waals surface area contributed by atoms with Crippen molar-refractivity contribution >= 4 is 17.8 Å². The third-order valence-electron chi connectivity index (χ3n) is 4.94. The van der Waals surface area contributed by atoms with Gasteiger partial charge in [0.2, 0.25) is 0 Å². The highest BCUT2D eigenvalue weighted by molar-refractivity contribution is 6.10. The first-order valence-electron chi connectivity index (χ1n) is 9.42. The van der Waals surface area contributed by atoms with Crippen molar-refractivity contribution in [3.05, 3.63) is 59.7 Å². The van der Waals surface area contributed by atoms with Gasteiger partial charge in [0.25, 0.3) is 17.5 Å². The minimum atomic E-state index is -5.28. The van der Waals surface area contributed by atoms with Gasteiger partial charge in [0.1, 0.15) is 0 Å². The van der Waals surface area contributed by atoms with Crippen LogP contribution in [0.2, 0.25) is 0 Å². The predicted molar refractivity (Wildman–Crippen MR) is 106 cm³/mol. The van der Waals surface area contributed by atoms with Gasteiger partial charge < -0.3 is 14.8 Å². The van der Waals surface area contributed by atoms with Crippen LogP contribution in [0.5, 0.6) is 11.5 Å². The lowest BCUT2D eigenvalue weighted by molar-refractivity contribution is -0.200. The Hall–Kier alpha value is -3.76. The summed E-state index contributed by atoms with van der Waals surface area (Å²) >= 11 is 0. The molecule has 2 aromatic rings. The number of urea groups is 1. The molecule has 0 aromatic heterocycles. The molecule has 0 unspecified atom stereocenters. The Labute approximate surface area is 181 Å². The Morgan fingerprint density at radius 1 is 1.06 bits per heavy atom. The number of carbonyl (C=O) groups is 3. The second-order valence-corrected chi connectivity index (χ2v) is 6.89. The second-order valence-electron chi connectivity index (χ2n) is 6.89. The summed E-state index contributed by atoms with van der Waals surface area (Å²) in [5.74, 6) is -1.93. The van der Waals surface area contributed by atoms with Gasteiger partial charge in [-0.1, -0.05) is 24.3 Å². The number of ether oxygens (including phenoxy) is 2. The van der Waals surface area contributed by atoms with Gasteiger partial charge in [0.15, 0.2) is 11.5 Å². The molecule has 1 aliphatic heterocycles. The molecule has 32 heavy (non-hydrogen) atoms. The zero-order chi connectivity index (χ0) is 23.5. The Morgan fingerprint density at radius 3 is 2.31 bits per heavy atom. The molecule has 170 valence electrons. The van der Waals surface area contributed by atoms with E-state index in [1.54, 1.807) is 34.9 Å². The summed E-state index contributed by atoms with van der Waals surface area (Å²) in [7, 11) is 2.87. The zero-order valence-electron chi connectivity index (χ0n) is 17.2. The molecule has 0 bridgehead atoms. The molecule has 2 aromatic carbocycles. The molecule has 4 amide bonds. The second kappa shape index (κ2) is 8.77. The number of rotatable bonds is 7. The van der Waals surface area contributed by atoms with E-state index in [-0.39, 0.29) is 18.5 Å². The molecule has 1 heterocycles. The van der Waals surface area contributed by atoms with Crippen LogP contribution in [0.15, 0.2) is 48.5 Å². The quantitative estimate of drug-likeness (QED) is 0.631. The third-order valence-corrected chi connectivity index (χ3v) is 4.94. The van der Waals surface area contributed by atoms with Crippen LogP contribution in [-0.2, 0) is 11.2 Å². The highest BCUT2D eigenvalue weighted by Gasteiger charge is 2.68. The number of alkyl halides is 3. The van der Waals surface area contributed by atoms with Crippen molar-refractivity contribution in [2.45, 2.75) is 18.3 Å². The lowest BCUT2D eigenvalue weighted by Crippen LogP contribution is -2.69. The number of halogens is 3. The molecule has 0 saturated carbocycles. The van der Waals surface area contributed by atoms with E-state index in [0.717, 1.165) is 0 Å². The molecule has 11 heteroatoms. The van der Waals surface area contributed by atoms with Crippen molar-refractivity contribution in [1.29, 1.82) is 0 Å². The van der Waals surface area contributed by atoms with Crippen LogP contribution in [0.25, 0.3) is 0 Å². The van der Waals surface area contributed by atoms with Crippen molar-refractivity contribution < 1.29 is 37.0 Å². The molecule has 0 aliphatic carbocycles. The number of imide groups is 1. The summed E-state index contributed by atoms with van der Waals surface area (Å²) < 4.78 is 52.1. The van der Waals surface area contributed by atoms with Crippen LogP contribution in [0.4, 0.5) is 18.0 Å². The van der Waals surface area contributed by atoms with Crippen LogP contribution < -0.4 is 20.1 Å². The van der Waals surface area contributed by atoms with E-state index >= 15 is 0 Å². The van der Waals surface area contributed by atoms with Crippen molar-refractivity contribution in [2.75, 3.05) is 20.8 Å². The summed E-state index contributed by atoms with van der Waals surface area (Å²) in [4.78, 5) is 37.9. The molecule has 1 aliphatic rings. The summed E-state index contributed by atoms with van der Waals surface area (Å²) in [6.45, 7) is -0.348. The van der Waals surface area contributed by atoms with Gasteiger partial charge in [0.05, 0.1) is 14.2 Å².